The van der Waals surface area contributed by atoms with Gasteiger partial charge in [0.25, 0.3) is 0 Å². The Bertz CT molecular complexity index is 695. The van der Waals surface area contributed by atoms with Crippen LogP contribution < -0.4 is 5.76 Å². The molecular formula is C12H13N3O3. The zero-order valence-electron chi connectivity index (χ0n) is 10.4. The molecule has 94 valence electrons. The highest BCUT2D eigenvalue weighted by atomic mass is 16.5. The van der Waals surface area contributed by atoms with Crippen LogP contribution in [-0.2, 0) is 7.05 Å². The normalized spacial score (nSPS) is 10.2. The van der Waals surface area contributed by atoms with E-state index in [4.69, 9.17) is 4.42 Å². The third kappa shape index (κ3) is 1.92. The fourth-order valence-corrected chi connectivity index (χ4v) is 1.57. The zero-order chi connectivity index (χ0) is 13.1. The summed E-state index contributed by atoms with van der Waals surface area (Å²) < 4.78 is 11.1. The fraction of sp³-hybridized carbons (Fsp3) is 0.250. The van der Waals surface area contributed by atoms with Crippen molar-refractivity contribution in [1.82, 2.24) is 14.7 Å². The van der Waals surface area contributed by atoms with Crippen LogP contribution >= 0.6 is 0 Å². The van der Waals surface area contributed by atoms with Gasteiger partial charge in [0.15, 0.2) is 5.58 Å². The average molecular weight is 247 g/mol. The van der Waals surface area contributed by atoms with Gasteiger partial charge in [0.05, 0.1) is 5.52 Å². The van der Waals surface area contributed by atoms with E-state index in [0.29, 0.717) is 11.4 Å². The molecule has 1 aromatic carbocycles. The third-order valence-corrected chi connectivity index (χ3v) is 2.41. The van der Waals surface area contributed by atoms with Gasteiger partial charge in [0, 0.05) is 12.6 Å². The highest BCUT2D eigenvalue weighted by Crippen LogP contribution is 2.20. The number of rotatable bonds is 1. The fourth-order valence-electron chi connectivity index (χ4n) is 1.57. The molecule has 0 atom stereocenters. The number of aryl methyl sites for hydroxylation is 1. The van der Waals surface area contributed by atoms with Gasteiger partial charge in [-0.25, -0.2) is 4.79 Å². The van der Waals surface area contributed by atoms with Crippen LogP contribution in [0.2, 0.25) is 0 Å². The largest absolute Gasteiger partial charge is 0.419 e. The minimum absolute atomic E-state index is 0.389. The molecule has 18 heavy (non-hydrogen) atoms. The Morgan fingerprint density at radius 3 is 2.72 bits per heavy atom. The van der Waals surface area contributed by atoms with E-state index in [-0.39, 0.29) is 5.76 Å². The van der Waals surface area contributed by atoms with Crippen LogP contribution in [0.3, 0.4) is 0 Å². The van der Waals surface area contributed by atoms with Gasteiger partial charge in [-0.2, -0.15) is 4.98 Å². The second-order valence-electron chi connectivity index (χ2n) is 3.36. The molecule has 3 aromatic rings. The van der Waals surface area contributed by atoms with E-state index in [9.17, 15) is 4.79 Å². The molecule has 0 amide bonds. The van der Waals surface area contributed by atoms with Crippen molar-refractivity contribution >= 4 is 11.1 Å². The Hall–Kier alpha value is -2.37. The second kappa shape index (κ2) is 4.87. The van der Waals surface area contributed by atoms with Crippen LogP contribution in [0.25, 0.3) is 22.5 Å². The van der Waals surface area contributed by atoms with Gasteiger partial charge in [0.2, 0.25) is 12.2 Å². The molecule has 2 heterocycles. The van der Waals surface area contributed by atoms with Gasteiger partial charge in [-0.05, 0) is 18.2 Å². The van der Waals surface area contributed by atoms with Gasteiger partial charge >= 0.3 is 5.76 Å². The number of hydrogen-bond acceptors (Lipinski definition) is 5. The van der Waals surface area contributed by atoms with Crippen molar-refractivity contribution in [1.29, 1.82) is 0 Å². The lowest BCUT2D eigenvalue weighted by Gasteiger charge is -1.94. The summed E-state index contributed by atoms with van der Waals surface area (Å²) in [5.41, 5.74) is 1.99. The van der Waals surface area contributed by atoms with E-state index in [1.54, 1.807) is 19.2 Å². The highest BCUT2D eigenvalue weighted by molar-refractivity contribution is 5.78. The number of nitrogens with zero attached hydrogens (tertiary/aromatic N) is 3. The Balaban J connectivity index is 0.000000574. The lowest BCUT2D eigenvalue weighted by Crippen LogP contribution is -2.08. The summed E-state index contributed by atoms with van der Waals surface area (Å²) >= 11 is 0. The maximum atomic E-state index is 11.3. The van der Waals surface area contributed by atoms with E-state index in [2.05, 4.69) is 14.7 Å². The van der Waals surface area contributed by atoms with E-state index >= 15 is 0 Å². The molecule has 3 rings (SSSR count). The summed E-state index contributed by atoms with van der Waals surface area (Å²) in [5, 5.41) is 3.71. The van der Waals surface area contributed by atoms with Crippen LogP contribution in [0, 0.1) is 0 Å². The number of aromatic nitrogens is 3. The lowest BCUT2D eigenvalue weighted by atomic mass is 10.2. The number of benzene rings is 1. The first-order valence-electron chi connectivity index (χ1n) is 5.62. The van der Waals surface area contributed by atoms with Crippen molar-refractivity contribution in [2.45, 2.75) is 13.8 Å². The Morgan fingerprint density at radius 2 is 2.06 bits per heavy atom. The maximum Gasteiger partial charge on any atom is 0.419 e. The average Bonchev–Trinajstić information content (AvgIpc) is 3.02. The number of oxazole rings is 1. The molecule has 0 aliphatic carbocycles. The standard InChI is InChI=1S/C10H7N3O3.C2H6/c1-13-7-3-2-6(9-11-5-15-12-9)4-8(7)16-10(13)14;1-2/h2-5H,1H3;1-2H3. The molecule has 0 unspecified atom stereocenters. The molecule has 0 spiro atoms. The van der Waals surface area contributed by atoms with Crippen LogP contribution in [0.4, 0.5) is 0 Å². The van der Waals surface area contributed by atoms with E-state index < -0.39 is 0 Å². The lowest BCUT2D eigenvalue weighted by molar-refractivity contribution is 0.419. The van der Waals surface area contributed by atoms with Crippen LogP contribution in [0.15, 0.2) is 38.3 Å². The maximum absolute atomic E-state index is 11.3. The Labute approximate surface area is 103 Å². The highest BCUT2D eigenvalue weighted by Gasteiger charge is 2.09. The molecule has 0 N–H and O–H groups in total. The van der Waals surface area contributed by atoms with Gasteiger partial charge in [-0.3, -0.25) is 4.57 Å². The molecule has 0 aliphatic rings. The van der Waals surface area contributed by atoms with Crippen molar-refractivity contribution in [2.24, 2.45) is 7.05 Å². The minimum Gasteiger partial charge on any atom is -0.408 e. The predicted molar refractivity (Wildman–Crippen MR) is 66.1 cm³/mol. The molecule has 0 radical (unpaired) electrons. The monoisotopic (exact) mass is 247 g/mol. The first kappa shape index (κ1) is 12.1. The first-order chi connectivity index (χ1) is 8.75. The molecular weight excluding hydrogens is 234 g/mol. The van der Waals surface area contributed by atoms with Crippen LogP contribution in [-0.4, -0.2) is 14.7 Å². The summed E-state index contributed by atoms with van der Waals surface area (Å²) in [4.78, 5) is 15.2. The summed E-state index contributed by atoms with van der Waals surface area (Å²) in [5.74, 6) is 0.0775. The molecule has 0 bridgehead atoms. The SMILES string of the molecule is CC.Cn1c(=O)oc2cc(-c3ncon3)ccc21. The molecule has 0 saturated heterocycles. The molecule has 2 aromatic heterocycles. The first-order valence-corrected chi connectivity index (χ1v) is 5.62. The molecule has 6 heteroatoms. The Morgan fingerprint density at radius 1 is 1.28 bits per heavy atom. The van der Waals surface area contributed by atoms with Crippen molar-refractivity contribution < 1.29 is 8.94 Å². The molecule has 0 fully saturated rings. The number of fused-ring (bicyclic) bond motifs is 1. The quantitative estimate of drug-likeness (QED) is 0.659. The van der Waals surface area contributed by atoms with Crippen molar-refractivity contribution in [3.05, 3.63) is 35.1 Å². The zero-order valence-corrected chi connectivity index (χ0v) is 10.4. The smallest absolute Gasteiger partial charge is 0.408 e. The number of hydrogen-bond donors (Lipinski definition) is 0. The Kier molecular flexibility index (Phi) is 3.27. The third-order valence-electron chi connectivity index (χ3n) is 2.41. The summed E-state index contributed by atoms with van der Waals surface area (Å²) in [6, 6.07) is 5.30. The van der Waals surface area contributed by atoms with E-state index in [0.717, 1.165) is 11.1 Å². The topological polar surface area (TPSA) is 74.1 Å². The van der Waals surface area contributed by atoms with Crippen molar-refractivity contribution in [3.8, 4) is 11.4 Å². The second-order valence-corrected chi connectivity index (χ2v) is 3.36. The molecule has 0 saturated carbocycles. The van der Waals surface area contributed by atoms with E-state index in [1.165, 1.54) is 11.0 Å². The van der Waals surface area contributed by atoms with Gasteiger partial charge in [0.1, 0.15) is 0 Å². The van der Waals surface area contributed by atoms with Gasteiger partial charge in [-0.1, -0.05) is 19.0 Å². The van der Waals surface area contributed by atoms with Crippen molar-refractivity contribution in [2.75, 3.05) is 0 Å². The van der Waals surface area contributed by atoms with Crippen LogP contribution in [0.1, 0.15) is 13.8 Å². The summed E-state index contributed by atoms with van der Waals surface area (Å²) in [7, 11) is 1.65. The minimum atomic E-state index is -0.389. The van der Waals surface area contributed by atoms with Crippen LogP contribution in [0.5, 0.6) is 0 Å². The van der Waals surface area contributed by atoms with E-state index in [1.807, 2.05) is 19.9 Å². The van der Waals surface area contributed by atoms with Crippen molar-refractivity contribution in [3.63, 3.8) is 0 Å². The van der Waals surface area contributed by atoms with Gasteiger partial charge < -0.3 is 8.94 Å². The molecule has 6 nitrogen and oxygen atoms in total. The molecule has 0 aliphatic heterocycles. The summed E-state index contributed by atoms with van der Waals surface area (Å²) in [6.07, 6.45) is 1.25. The summed E-state index contributed by atoms with van der Waals surface area (Å²) in [6.45, 7) is 4.00. The van der Waals surface area contributed by atoms with Gasteiger partial charge in [-0.15, -0.1) is 0 Å². The predicted octanol–water partition coefficient (Wildman–Crippen LogP) is 2.21.